The molecule has 0 aliphatic heterocycles. The van der Waals surface area contributed by atoms with Crippen LogP contribution in [-0.2, 0) is 9.84 Å². The molecule has 0 aliphatic carbocycles. The molecule has 0 saturated heterocycles. The van der Waals surface area contributed by atoms with E-state index in [0.29, 0.717) is 27.1 Å². The summed E-state index contributed by atoms with van der Waals surface area (Å²) in [5.74, 6) is -0.0269. The number of sulfone groups is 1. The van der Waals surface area contributed by atoms with Gasteiger partial charge in [0.25, 0.3) is 0 Å². The van der Waals surface area contributed by atoms with Crippen LogP contribution >= 0.6 is 23.4 Å². The van der Waals surface area contributed by atoms with E-state index in [4.69, 9.17) is 11.6 Å². The minimum atomic E-state index is -3.42. The molecule has 0 saturated carbocycles. The van der Waals surface area contributed by atoms with Gasteiger partial charge in [-0.3, -0.25) is 0 Å². The standard InChI is InChI=1S/C19H13ClFN5O2S2/c1-30(27,28)18-7-2-12(8-24-18)19-15(29-17-6-3-13(20)9-23-17)11-26(25-19)16-5-4-14(21)10-22-16/h2-11H,1H3. The normalized spacial score (nSPS) is 11.6. The first-order valence-corrected chi connectivity index (χ1v) is 11.6. The molecule has 7 nitrogen and oxygen atoms in total. The van der Waals surface area contributed by atoms with Crippen LogP contribution in [0.4, 0.5) is 4.39 Å². The fourth-order valence-corrected chi connectivity index (χ4v) is 4.07. The average Bonchev–Trinajstić information content (AvgIpc) is 3.13. The summed E-state index contributed by atoms with van der Waals surface area (Å²) in [4.78, 5) is 13.1. The van der Waals surface area contributed by atoms with Gasteiger partial charge in [-0.1, -0.05) is 23.4 Å². The molecule has 0 spiro atoms. The highest BCUT2D eigenvalue weighted by Crippen LogP contribution is 2.35. The second-order valence-corrected chi connectivity index (χ2v) is 9.66. The van der Waals surface area contributed by atoms with Crippen LogP contribution in [-0.4, -0.2) is 39.4 Å². The van der Waals surface area contributed by atoms with Crippen molar-refractivity contribution >= 4 is 33.2 Å². The molecule has 4 aromatic rings. The lowest BCUT2D eigenvalue weighted by atomic mass is 10.2. The highest BCUT2D eigenvalue weighted by molar-refractivity contribution is 7.99. The summed E-state index contributed by atoms with van der Waals surface area (Å²) < 4.78 is 38.1. The molecule has 0 atom stereocenters. The number of nitrogens with zero attached hydrogens (tertiary/aromatic N) is 5. The Morgan fingerprint density at radius 3 is 2.43 bits per heavy atom. The molecule has 4 aromatic heterocycles. The molecular formula is C19H13ClFN5O2S2. The first-order valence-electron chi connectivity index (χ1n) is 8.47. The fraction of sp³-hybridized carbons (Fsp3) is 0.0526. The first kappa shape index (κ1) is 20.5. The van der Waals surface area contributed by atoms with Crippen LogP contribution in [0.5, 0.6) is 0 Å². The van der Waals surface area contributed by atoms with Crippen molar-refractivity contribution in [1.82, 2.24) is 24.7 Å². The Bertz CT molecular complexity index is 1290. The topological polar surface area (TPSA) is 90.6 Å². The van der Waals surface area contributed by atoms with E-state index in [1.165, 1.54) is 47.0 Å². The molecule has 30 heavy (non-hydrogen) atoms. The maximum atomic E-state index is 13.2. The predicted octanol–water partition coefficient (Wildman–Crippen LogP) is 4.07. The number of hydrogen-bond acceptors (Lipinski definition) is 7. The number of hydrogen-bond donors (Lipinski definition) is 0. The number of rotatable bonds is 5. The van der Waals surface area contributed by atoms with E-state index < -0.39 is 15.7 Å². The van der Waals surface area contributed by atoms with Crippen LogP contribution in [0.3, 0.4) is 0 Å². The second kappa shape index (κ2) is 8.13. The van der Waals surface area contributed by atoms with Crippen LogP contribution < -0.4 is 0 Å². The molecule has 0 bridgehead atoms. The smallest absolute Gasteiger partial charge is 0.192 e. The van der Waals surface area contributed by atoms with E-state index in [1.807, 2.05) is 0 Å². The maximum absolute atomic E-state index is 13.2. The van der Waals surface area contributed by atoms with Crippen molar-refractivity contribution in [2.45, 2.75) is 14.9 Å². The molecule has 4 rings (SSSR count). The fourth-order valence-electron chi connectivity index (χ4n) is 2.53. The van der Waals surface area contributed by atoms with Crippen LogP contribution in [0.25, 0.3) is 17.1 Å². The summed E-state index contributed by atoms with van der Waals surface area (Å²) >= 11 is 7.25. The van der Waals surface area contributed by atoms with Gasteiger partial charge in [0.05, 0.1) is 16.1 Å². The van der Waals surface area contributed by atoms with Gasteiger partial charge >= 0.3 is 0 Å². The third-order valence-electron chi connectivity index (χ3n) is 3.93. The minimum Gasteiger partial charge on any atom is -0.248 e. The van der Waals surface area contributed by atoms with E-state index in [-0.39, 0.29) is 5.03 Å². The summed E-state index contributed by atoms with van der Waals surface area (Å²) in [6, 6.07) is 9.36. The maximum Gasteiger partial charge on any atom is 0.192 e. The third-order valence-corrected chi connectivity index (χ3v) is 6.13. The molecule has 0 unspecified atom stereocenters. The molecule has 4 heterocycles. The monoisotopic (exact) mass is 461 g/mol. The van der Waals surface area contributed by atoms with Crippen LogP contribution in [0.15, 0.2) is 76.1 Å². The van der Waals surface area contributed by atoms with Gasteiger partial charge in [0.2, 0.25) is 0 Å². The molecule has 0 aromatic carbocycles. The molecule has 0 radical (unpaired) electrons. The van der Waals surface area contributed by atoms with Gasteiger partial charge in [-0.2, -0.15) is 5.10 Å². The first-order chi connectivity index (χ1) is 14.3. The Balaban J connectivity index is 1.78. The van der Waals surface area contributed by atoms with E-state index in [0.717, 1.165) is 17.3 Å². The number of aromatic nitrogens is 5. The molecular weight excluding hydrogens is 449 g/mol. The Hall–Kier alpha value is -2.82. The van der Waals surface area contributed by atoms with Crippen molar-refractivity contribution in [3.05, 3.63) is 72.0 Å². The quantitative estimate of drug-likeness (QED) is 0.442. The Labute approximate surface area is 180 Å². The Morgan fingerprint density at radius 1 is 1.00 bits per heavy atom. The second-order valence-electron chi connectivity index (χ2n) is 6.20. The lowest BCUT2D eigenvalue weighted by molar-refractivity contribution is 0.598. The average molecular weight is 462 g/mol. The van der Waals surface area contributed by atoms with Crippen molar-refractivity contribution in [2.24, 2.45) is 0 Å². The van der Waals surface area contributed by atoms with Gasteiger partial charge in [-0.05, 0) is 36.4 Å². The lowest BCUT2D eigenvalue weighted by Gasteiger charge is -2.03. The van der Waals surface area contributed by atoms with E-state index in [9.17, 15) is 12.8 Å². The largest absolute Gasteiger partial charge is 0.248 e. The predicted molar refractivity (Wildman–Crippen MR) is 111 cm³/mol. The van der Waals surface area contributed by atoms with Gasteiger partial charge in [-0.25, -0.2) is 32.4 Å². The minimum absolute atomic E-state index is 0.0283. The van der Waals surface area contributed by atoms with E-state index in [1.54, 1.807) is 24.4 Å². The van der Waals surface area contributed by atoms with Gasteiger partial charge < -0.3 is 0 Å². The highest BCUT2D eigenvalue weighted by Gasteiger charge is 2.17. The van der Waals surface area contributed by atoms with Crippen LogP contribution in [0.2, 0.25) is 5.02 Å². The zero-order valence-corrected chi connectivity index (χ0v) is 17.8. The van der Waals surface area contributed by atoms with E-state index >= 15 is 0 Å². The SMILES string of the molecule is CS(=O)(=O)c1ccc(-c2nn(-c3ccc(F)cn3)cc2Sc2ccc(Cl)cn2)cn1. The van der Waals surface area contributed by atoms with Crippen LogP contribution in [0.1, 0.15) is 0 Å². The molecule has 0 aliphatic rings. The number of halogens is 2. The summed E-state index contributed by atoms with van der Waals surface area (Å²) in [7, 11) is -3.42. The summed E-state index contributed by atoms with van der Waals surface area (Å²) in [5, 5.41) is 5.73. The van der Waals surface area contributed by atoms with Gasteiger partial charge in [0.15, 0.2) is 20.7 Å². The highest BCUT2D eigenvalue weighted by atomic mass is 35.5. The van der Waals surface area contributed by atoms with Crippen molar-refractivity contribution in [2.75, 3.05) is 6.26 Å². The van der Waals surface area contributed by atoms with E-state index in [2.05, 4.69) is 20.1 Å². The van der Waals surface area contributed by atoms with Gasteiger partial charge in [0.1, 0.15) is 16.5 Å². The molecule has 0 N–H and O–H groups in total. The molecule has 152 valence electrons. The number of pyridine rings is 3. The zero-order valence-electron chi connectivity index (χ0n) is 15.4. The molecule has 0 amide bonds. The third kappa shape index (κ3) is 4.50. The summed E-state index contributed by atoms with van der Waals surface area (Å²) in [6.07, 6.45) is 6.92. The Kier molecular flexibility index (Phi) is 5.54. The van der Waals surface area contributed by atoms with Gasteiger partial charge in [0, 0.05) is 30.4 Å². The van der Waals surface area contributed by atoms with Gasteiger partial charge in [-0.15, -0.1) is 0 Å². The summed E-state index contributed by atoms with van der Waals surface area (Å²) in [6.45, 7) is 0. The zero-order chi connectivity index (χ0) is 21.3. The molecule has 0 fully saturated rings. The molecule has 11 heteroatoms. The van der Waals surface area contributed by atoms with Crippen molar-refractivity contribution in [1.29, 1.82) is 0 Å². The summed E-state index contributed by atoms with van der Waals surface area (Å²) in [5.41, 5.74) is 1.16. The van der Waals surface area contributed by atoms with Crippen molar-refractivity contribution < 1.29 is 12.8 Å². The van der Waals surface area contributed by atoms with Crippen molar-refractivity contribution in [3.8, 4) is 17.1 Å². The Morgan fingerprint density at radius 2 is 1.83 bits per heavy atom. The lowest BCUT2D eigenvalue weighted by Crippen LogP contribution is -2.00. The van der Waals surface area contributed by atoms with Crippen LogP contribution in [0, 0.1) is 5.82 Å². The van der Waals surface area contributed by atoms with Crippen molar-refractivity contribution in [3.63, 3.8) is 0 Å².